The van der Waals surface area contributed by atoms with Gasteiger partial charge in [-0.05, 0) is 53.9 Å². The van der Waals surface area contributed by atoms with E-state index >= 15 is 0 Å². The Morgan fingerprint density at radius 2 is 2.17 bits per heavy atom. The van der Waals surface area contributed by atoms with E-state index in [1.807, 2.05) is 13.0 Å². The summed E-state index contributed by atoms with van der Waals surface area (Å²) in [6.45, 7) is 6.45. The van der Waals surface area contributed by atoms with E-state index in [1.54, 1.807) is 6.07 Å². The minimum Gasteiger partial charge on any atom is -0.382 e. The van der Waals surface area contributed by atoms with Crippen LogP contribution in [0.25, 0.3) is 0 Å². The first-order valence-electron chi connectivity index (χ1n) is 6.43. The molecule has 1 aromatic rings. The van der Waals surface area contributed by atoms with Gasteiger partial charge >= 0.3 is 0 Å². The van der Waals surface area contributed by atoms with Crippen LogP contribution in [0.1, 0.15) is 25.8 Å². The Labute approximate surface area is 117 Å². The zero-order chi connectivity index (χ0) is 13.4. The van der Waals surface area contributed by atoms with E-state index < -0.39 is 0 Å². The van der Waals surface area contributed by atoms with Gasteiger partial charge in [-0.25, -0.2) is 4.39 Å². The molecule has 0 heterocycles. The largest absolute Gasteiger partial charge is 0.382 e. The third-order valence-corrected chi connectivity index (χ3v) is 3.69. The predicted octanol–water partition coefficient (Wildman–Crippen LogP) is 3.54. The molecule has 0 spiro atoms. The molecule has 0 bridgehead atoms. The quantitative estimate of drug-likeness (QED) is 0.740. The van der Waals surface area contributed by atoms with Crippen molar-refractivity contribution in [3.8, 4) is 0 Å². The van der Waals surface area contributed by atoms with Gasteiger partial charge in [0.15, 0.2) is 0 Å². The van der Waals surface area contributed by atoms with E-state index in [0.29, 0.717) is 10.5 Å². The highest BCUT2D eigenvalue weighted by atomic mass is 79.9. The zero-order valence-corrected chi connectivity index (χ0v) is 12.6. The van der Waals surface area contributed by atoms with Crippen molar-refractivity contribution in [1.29, 1.82) is 0 Å². The fraction of sp³-hybridized carbons (Fsp3) is 0.571. The highest BCUT2D eigenvalue weighted by molar-refractivity contribution is 9.10. The van der Waals surface area contributed by atoms with Crippen LogP contribution in [-0.4, -0.2) is 25.8 Å². The highest BCUT2D eigenvalue weighted by Crippen LogP contribution is 2.22. The van der Waals surface area contributed by atoms with E-state index in [9.17, 15) is 4.39 Å². The lowest BCUT2D eigenvalue weighted by Crippen LogP contribution is -2.32. The molecule has 0 aromatic heterocycles. The van der Waals surface area contributed by atoms with Crippen LogP contribution in [0.2, 0.25) is 0 Å². The molecule has 1 N–H and O–H groups in total. The van der Waals surface area contributed by atoms with Crippen molar-refractivity contribution >= 4 is 15.9 Å². The third kappa shape index (κ3) is 5.04. The normalized spacial score (nSPS) is 12.7. The molecule has 1 aromatic carbocycles. The van der Waals surface area contributed by atoms with Gasteiger partial charge < -0.3 is 10.1 Å². The van der Waals surface area contributed by atoms with Crippen molar-refractivity contribution in [2.75, 3.05) is 19.8 Å². The van der Waals surface area contributed by atoms with Crippen molar-refractivity contribution < 1.29 is 9.13 Å². The van der Waals surface area contributed by atoms with Gasteiger partial charge in [-0.3, -0.25) is 0 Å². The zero-order valence-electron chi connectivity index (χ0n) is 11.0. The Morgan fingerprint density at radius 1 is 1.39 bits per heavy atom. The maximum Gasteiger partial charge on any atom is 0.137 e. The van der Waals surface area contributed by atoms with Gasteiger partial charge in [0.1, 0.15) is 5.82 Å². The van der Waals surface area contributed by atoms with E-state index in [1.165, 1.54) is 6.07 Å². The number of halogens is 2. The van der Waals surface area contributed by atoms with Crippen molar-refractivity contribution in [3.63, 3.8) is 0 Å². The molecule has 4 heteroatoms. The molecule has 0 radical (unpaired) electrons. The number of likely N-dealkylation sites (N-methyl/N-ethyl adjacent to an activating group) is 1. The molecule has 1 unspecified atom stereocenters. The number of hydrogen-bond acceptors (Lipinski definition) is 2. The molecule has 0 saturated heterocycles. The van der Waals surface area contributed by atoms with Gasteiger partial charge in [0, 0.05) is 19.3 Å². The summed E-state index contributed by atoms with van der Waals surface area (Å²) in [7, 11) is 0. The summed E-state index contributed by atoms with van der Waals surface area (Å²) < 4.78 is 19.4. The Balaban J connectivity index is 2.61. The van der Waals surface area contributed by atoms with Crippen molar-refractivity contribution in [1.82, 2.24) is 5.32 Å². The smallest absolute Gasteiger partial charge is 0.137 e. The Bertz CT molecular complexity index is 360. The lowest BCUT2D eigenvalue weighted by atomic mass is 10.0. The molecule has 0 aliphatic carbocycles. The Hall–Kier alpha value is -0.450. The molecule has 0 amide bonds. The van der Waals surface area contributed by atoms with Crippen molar-refractivity contribution in [2.45, 2.75) is 32.7 Å². The van der Waals surface area contributed by atoms with E-state index in [0.717, 1.165) is 38.2 Å². The van der Waals surface area contributed by atoms with E-state index in [2.05, 4.69) is 28.2 Å². The summed E-state index contributed by atoms with van der Waals surface area (Å²) in [6.07, 6.45) is 1.74. The summed E-state index contributed by atoms with van der Waals surface area (Å²) in [6, 6.07) is 5.49. The van der Waals surface area contributed by atoms with Crippen LogP contribution in [0.5, 0.6) is 0 Å². The molecular weight excluding hydrogens is 297 g/mol. The Morgan fingerprint density at radius 3 is 2.83 bits per heavy atom. The minimum atomic E-state index is -0.201. The average Bonchev–Trinajstić information content (AvgIpc) is 2.35. The fourth-order valence-corrected chi connectivity index (χ4v) is 2.33. The van der Waals surface area contributed by atoms with Crippen LogP contribution in [0, 0.1) is 5.82 Å². The lowest BCUT2D eigenvalue weighted by Gasteiger charge is -2.18. The van der Waals surface area contributed by atoms with E-state index in [4.69, 9.17) is 4.74 Å². The molecule has 0 aliphatic rings. The van der Waals surface area contributed by atoms with Crippen LogP contribution < -0.4 is 5.32 Å². The van der Waals surface area contributed by atoms with Gasteiger partial charge in [-0.15, -0.1) is 0 Å². The van der Waals surface area contributed by atoms with E-state index in [-0.39, 0.29) is 5.82 Å². The van der Waals surface area contributed by atoms with Crippen LogP contribution in [0.3, 0.4) is 0 Å². The Kier molecular flexibility index (Phi) is 7.47. The van der Waals surface area contributed by atoms with Crippen LogP contribution in [-0.2, 0) is 11.2 Å². The standard InChI is InChI=1S/C14H21BrFNO/c1-3-17-12(8-9-18-4-2)10-11-6-5-7-13(16)14(11)15/h5-7,12,17H,3-4,8-10H2,1-2H3. The first-order valence-corrected chi connectivity index (χ1v) is 7.22. The maximum atomic E-state index is 13.4. The number of hydrogen-bond donors (Lipinski definition) is 1. The van der Waals surface area contributed by atoms with Crippen molar-refractivity contribution in [2.24, 2.45) is 0 Å². The van der Waals surface area contributed by atoms with Crippen LogP contribution in [0.4, 0.5) is 4.39 Å². The molecule has 1 atom stereocenters. The third-order valence-electron chi connectivity index (χ3n) is 2.81. The SMILES string of the molecule is CCNC(CCOCC)Cc1cccc(F)c1Br. The average molecular weight is 318 g/mol. The number of benzene rings is 1. The van der Waals surface area contributed by atoms with Crippen molar-refractivity contribution in [3.05, 3.63) is 34.1 Å². The second-order valence-electron chi connectivity index (χ2n) is 4.16. The molecule has 102 valence electrons. The first kappa shape index (κ1) is 15.6. The van der Waals surface area contributed by atoms with Gasteiger partial charge in [0.2, 0.25) is 0 Å². The van der Waals surface area contributed by atoms with Gasteiger partial charge in [-0.1, -0.05) is 19.1 Å². The minimum absolute atomic E-state index is 0.201. The number of rotatable bonds is 8. The summed E-state index contributed by atoms with van der Waals surface area (Å²) in [5.74, 6) is -0.201. The predicted molar refractivity (Wildman–Crippen MR) is 76.4 cm³/mol. The summed E-state index contributed by atoms with van der Waals surface area (Å²) in [5, 5.41) is 3.41. The summed E-state index contributed by atoms with van der Waals surface area (Å²) in [5.41, 5.74) is 0.998. The maximum absolute atomic E-state index is 13.4. The number of nitrogens with one attached hydrogen (secondary N) is 1. The molecule has 0 aliphatic heterocycles. The molecule has 2 nitrogen and oxygen atoms in total. The second kappa shape index (κ2) is 8.62. The molecule has 1 rings (SSSR count). The first-order chi connectivity index (χ1) is 8.69. The van der Waals surface area contributed by atoms with Crippen LogP contribution in [0.15, 0.2) is 22.7 Å². The molecular formula is C14H21BrFNO. The highest BCUT2D eigenvalue weighted by Gasteiger charge is 2.12. The monoisotopic (exact) mass is 317 g/mol. The molecule has 18 heavy (non-hydrogen) atoms. The molecule has 0 fully saturated rings. The van der Waals surface area contributed by atoms with Crippen LogP contribution >= 0.6 is 15.9 Å². The topological polar surface area (TPSA) is 21.3 Å². The fourth-order valence-electron chi connectivity index (χ4n) is 1.91. The summed E-state index contributed by atoms with van der Waals surface area (Å²) >= 11 is 3.31. The molecule has 0 saturated carbocycles. The number of ether oxygens (including phenoxy) is 1. The lowest BCUT2D eigenvalue weighted by molar-refractivity contribution is 0.136. The van der Waals surface area contributed by atoms with Gasteiger partial charge in [0.05, 0.1) is 4.47 Å². The van der Waals surface area contributed by atoms with Gasteiger partial charge in [-0.2, -0.15) is 0 Å². The summed E-state index contributed by atoms with van der Waals surface area (Å²) in [4.78, 5) is 0. The van der Waals surface area contributed by atoms with Gasteiger partial charge in [0.25, 0.3) is 0 Å². The second-order valence-corrected chi connectivity index (χ2v) is 4.95.